The highest BCUT2D eigenvalue weighted by Crippen LogP contribution is 2.34. The minimum absolute atomic E-state index is 0.156. The molecular formula is C35H42FN5O6. The van der Waals surface area contributed by atoms with Gasteiger partial charge in [0, 0.05) is 35.9 Å². The normalized spacial score (nSPS) is 10.4. The molecule has 0 saturated heterocycles. The molecule has 5 aromatic rings. The first-order valence-corrected chi connectivity index (χ1v) is 15.3. The summed E-state index contributed by atoms with van der Waals surface area (Å²) in [7, 11) is 3.66. The molecule has 3 aromatic carbocycles. The van der Waals surface area contributed by atoms with Gasteiger partial charge >= 0.3 is 5.69 Å². The molecule has 11 nitrogen and oxygen atoms in total. The molecule has 0 aliphatic rings. The lowest BCUT2D eigenvalue weighted by atomic mass is 10.1. The molecule has 5 rings (SSSR count). The van der Waals surface area contributed by atoms with Crippen molar-refractivity contribution in [1.82, 2.24) is 20.2 Å². The van der Waals surface area contributed by atoms with Crippen molar-refractivity contribution >= 4 is 39.6 Å². The number of carbonyl (C=O) groups excluding carboxylic acids is 2. The number of halogens is 1. The average Bonchev–Trinajstić information content (AvgIpc) is 3.50. The lowest BCUT2D eigenvalue weighted by Gasteiger charge is -2.10. The number of hydrogen-bond donors (Lipinski definition) is 3. The first-order chi connectivity index (χ1) is 22.9. The summed E-state index contributed by atoms with van der Waals surface area (Å²) in [4.78, 5) is 42.7. The Morgan fingerprint density at radius 3 is 2.43 bits per heavy atom. The second kappa shape index (κ2) is 18.2. The fourth-order valence-corrected chi connectivity index (χ4v) is 4.76. The van der Waals surface area contributed by atoms with Crippen molar-refractivity contribution in [3.8, 4) is 17.0 Å². The Balaban J connectivity index is 0.00000144. The topological polar surface area (TPSA) is 137 Å². The number of rotatable bonds is 12. The number of fused-ring (bicyclic) bond motifs is 3. The van der Waals surface area contributed by atoms with Crippen LogP contribution in [-0.2, 0) is 22.6 Å². The van der Waals surface area contributed by atoms with Gasteiger partial charge in [0.1, 0.15) is 22.5 Å². The van der Waals surface area contributed by atoms with Gasteiger partial charge in [-0.25, -0.2) is 4.79 Å². The zero-order chi connectivity index (χ0) is 34.3. The van der Waals surface area contributed by atoms with E-state index in [0.29, 0.717) is 77.2 Å². The highest BCUT2D eigenvalue weighted by molar-refractivity contribution is 6.09. The third-order valence-electron chi connectivity index (χ3n) is 6.93. The van der Waals surface area contributed by atoms with Crippen molar-refractivity contribution in [2.45, 2.75) is 33.9 Å². The molecule has 0 atom stereocenters. The highest BCUT2D eigenvalue weighted by atomic mass is 19.1. The van der Waals surface area contributed by atoms with Crippen LogP contribution in [0.4, 0.5) is 10.1 Å². The molecule has 2 heterocycles. The van der Waals surface area contributed by atoms with Gasteiger partial charge in [-0.3, -0.25) is 18.5 Å². The molecule has 0 bridgehead atoms. The third kappa shape index (κ3) is 9.02. The Kier molecular flexibility index (Phi) is 14.1. The summed E-state index contributed by atoms with van der Waals surface area (Å²) in [5, 5.41) is 9.41. The Bertz CT molecular complexity index is 1830. The lowest BCUT2D eigenvalue weighted by Crippen LogP contribution is -2.27. The van der Waals surface area contributed by atoms with Gasteiger partial charge in [-0.15, -0.1) is 0 Å². The Hall–Kier alpha value is -5.07. The summed E-state index contributed by atoms with van der Waals surface area (Å²) in [5.41, 5.74) is 3.88. The molecule has 47 heavy (non-hydrogen) atoms. The standard InChI is InChI=1S/C32H33N5O6.C2H6.CH3F/c1-4-33-19-27(38)35-23-11-8-21(9-12-23)28-30-29(37(14-15-41-2)32(40)36-28)25-13-10-22(17-26(25)43-30)31(39)34-18-20-6-5-7-24(16-20)42-3;2*1-2/h5-13,16-17,33H,4,14-15,18-19H2,1-3H3,(H,34,39)(H,35,38);1-2H3;1H3. The number of aromatic nitrogens is 2. The molecule has 0 spiro atoms. The van der Waals surface area contributed by atoms with E-state index >= 15 is 0 Å². The average molecular weight is 648 g/mol. The van der Waals surface area contributed by atoms with Gasteiger partial charge in [0.05, 0.1) is 34.0 Å². The Morgan fingerprint density at radius 1 is 1.00 bits per heavy atom. The maximum atomic E-state index is 13.2. The van der Waals surface area contributed by atoms with E-state index in [4.69, 9.17) is 13.9 Å². The maximum Gasteiger partial charge on any atom is 0.348 e. The predicted octanol–water partition coefficient (Wildman–Crippen LogP) is 5.55. The van der Waals surface area contributed by atoms with Crippen molar-refractivity contribution in [3.63, 3.8) is 0 Å². The molecule has 0 fully saturated rings. The van der Waals surface area contributed by atoms with Gasteiger partial charge < -0.3 is 29.8 Å². The van der Waals surface area contributed by atoms with Gasteiger partial charge in [0.25, 0.3) is 5.91 Å². The van der Waals surface area contributed by atoms with Crippen molar-refractivity contribution < 1.29 is 27.9 Å². The summed E-state index contributed by atoms with van der Waals surface area (Å²) >= 11 is 0. The van der Waals surface area contributed by atoms with E-state index < -0.39 is 5.69 Å². The number of carbonyl (C=O) groups is 2. The largest absolute Gasteiger partial charge is 0.497 e. The van der Waals surface area contributed by atoms with Crippen LogP contribution in [0.5, 0.6) is 5.75 Å². The number of amides is 2. The first kappa shape index (κ1) is 36.4. The number of furan rings is 1. The maximum absolute atomic E-state index is 13.2. The first-order valence-electron chi connectivity index (χ1n) is 15.3. The number of methoxy groups -OCH3 is 2. The van der Waals surface area contributed by atoms with Gasteiger partial charge in [0.15, 0.2) is 5.58 Å². The summed E-state index contributed by atoms with van der Waals surface area (Å²) in [6.07, 6.45) is 0. The SMILES string of the molecule is CC.CCNCC(=O)Nc1ccc(-c2nc(=O)n(CCOC)c3c2oc2cc(C(=O)NCc4cccc(OC)c4)ccc23)cc1.CF. The molecule has 0 unspecified atom stereocenters. The predicted molar refractivity (Wildman–Crippen MR) is 183 cm³/mol. The second-order valence-electron chi connectivity index (χ2n) is 9.82. The number of ether oxygens (including phenoxy) is 2. The molecule has 3 N–H and O–H groups in total. The Morgan fingerprint density at radius 2 is 1.74 bits per heavy atom. The zero-order valence-corrected chi connectivity index (χ0v) is 27.6. The zero-order valence-electron chi connectivity index (χ0n) is 27.6. The molecule has 250 valence electrons. The van der Waals surface area contributed by atoms with Crippen LogP contribution in [0, 0.1) is 0 Å². The molecular weight excluding hydrogens is 605 g/mol. The summed E-state index contributed by atoms with van der Waals surface area (Å²) in [6, 6.07) is 19.7. The van der Waals surface area contributed by atoms with Crippen molar-refractivity contribution in [3.05, 3.63) is 88.3 Å². The summed E-state index contributed by atoms with van der Waals surface area (Å²) < 4.78 is 27.8. The quantitative estimate of drug-likeness (QED) is 0.160. The molecule has 12 heteroatoms. The van der Waals surface area contributed by atoms with Crippen molar-refractivity contribution in [1.29, 1.82) is 0 Å². The molecule has 0 aliphatic heterocycles. The number of benzene rings is 3. The van der Waals surface area contributed by atoms with Crippen LogP contribution in [0.2, 0.25) is 0 Å². The highest BCUT2D eigenvalue weighted by Gasteiger charge is 2.21. The number of nitrogens with one attached hydrogen (secondary N) is 3. The lowest BCUT2D eigenvalue weighted by molar-refractivity contribution is -0.115. The monoisotopic (exact) mass is 647 g/mol. The minimum atomic E-state index is -0.453. The van der Waals surface area contributed by atoms with Crippen LogP contribution in [0.1, 0.15) is 36.7 Å². The van der Waals surface area contributed by atoms with E-state index in [2.05, 4.69) is 20.9 Å². The molecule has 0 saturated carbocycles. The van der Waals surface area contributed by atoms with Gasteiger partial charge in [0.2, 0.25) is 5.91 Å². The Labute approximate surface area is 273 Å². The fourth-order valence-electron chi connectivity index (χ4n) is 4.76. The molecule has 2 aromatic heterocycles. The fraction of sp³-hybridized carbons (Fsp3) is 0.314. The van der Waals surface area contributed by atoms with Crippen molar-refractivity contribution in [2.24, 2.45) is 0 Å². The van der Waals surface area contributed by atoms with E-state index in [9.17, 15) is 18.8 Å². The van der Waals surface area contributed by atoms with E-state index in [0.717, 1.165) is 5.56 Å². The van der Waals surface area contributed by atoms with Crippen LogP contribution in [0.25, 0.3) is 33.3 Å². The summed E-state index contributed by atoms with van der Waals surface area (Å²) in [6.45, 7) is 7.72. The van der Waals surface area contributed by atoms with Crippen LogP contribution >= 0.6 is 0 Å². The van der Waals surface area contributed by atoms with Gasteiger partial charge in [-0.05, 0) is 54.6 Å². The van der Waals surface area contributed by atoms with E-state index in [1.807, 2.05) is 45.0 Å². The van der Waals surface area contributed by atoms with E-state index in [1.165, 1.54) is 4.57 Å². The van der Waals surface area contributed by atoms with Crippen LogP contribution in [-0.4, -0.2) is 62.5 Å². The number of likely N-dealkylation sites (N-methyl/N-ethyl adjacent to an activating group) is 1. The third-order valence-corrected chi connectivity index (χ3v) is 6.93. The van der Waals surface area contributed by atoms with E-state index in [-0.39, 0.29) is 24.9 Å². The van der Waals surface area contributed by atoms with Crippen LogP contribution in [0.15, 0.2) is 75.9 Å². The van der Waals surface area contributed by atoms with Crippen LogP contribution < -0.4 is 26.4 Å². The molecule has 0 radical (unpaired) electrons. The number of hydrogen-bond acceptors (Lipinski definition) is 8. The van der Waals surface area contributed by atoms with E-state index in [1.54, 1.807) is 56.7 Å². The second-order valence-corrected chi connectivity index (χ2v) is 9.82. The van der Waals surface area contributed by atoms with Crippen molar-refractivity contribution in [2.75, 3.05) is 46.4 Å². The summed E-state index contributed by atoms with van der Waals surface area (Å²) in [5.74, 6) is 0.284. The number of alkyl halides is 1. The number of anilines is 1. The minimum Gasteiger partial charge on any atom is -0.497 e. The number of nitrogens with zero attached hydrogens (tertiary/aromatic N) is 2. The smallest absolute Gasteiger partial charge is 0.348 e. The van der Waals surface area contributed by atoms with Gasteiger partial charge in [-0.1, -0.05) is 45.0 Å². The molecule has 0 aliphatic carbocycles. The molecule has 2 amide bonds. The van der Waals surface area contributed by atoms with Crippen LogP contribution in [0.3, 0.4) is 0 Å². The van der Waals surface area contributed by atoms with Gasteiger partial charge in [-0.2, -0.15) is 4.98 Å².